The van der Waals surface area contributed by atoms with E-state index in [2.05, 4.69) is 28.9 Å². The van der Waals surface area contributed by atoms with Crippen LogP contribution in [0.2, 0.25) is 0 Å². The first kappa shape index (κ1) is 20.4. The minimum Gasteiger partial charge on any atom is -0.495 e. The number of carbonyl (C=O) groups excluding carboxylic acids is 1. The van der Waals surface area contributed by atoms with E-state index in [0.717, 1.165) is 56.4 Å². The molecule has 6 nitrogen and oxygen atoms in total. The van der Waals surface area contributed by atoms with E-state index in [1.54, 1.807) is 12.0 Å². The Bertz CT molecular complexity index is 891. The lowest BCUT2D eigenvalue weighted by Crippen LogP contribution is -2.53. The number of piperazine rings is 1. The predicted molar refractivity (Wildman–Crippen MR) is 120 cm³/mol. The van der Waals surface area contributed by atoms with Crippen molar-refractivity contribution in [3.05, 3.63) is 60.2 Å². The number of rotatable bonds is 6. The molecule has 158 valence electrons. The smallest absolute Gasteiger partial charge is 0.259 e. The molecule has 1 fully saturated rings. The van der Waals surface area contributed by atoms with Gasteiger partial charge in [0, 0.05) is 32.6 Å². The second-order valence-electron chi connectivity index (χ2n) is 7.81. The normalized spacial score (nSPS) is 19.9. The molecular weight excluding hydrogens is 376 g/mol. The van der Waals surface area contributed by atoms with Crippen molar-refractivity contribution in [2.24, 2.45) is 4.99 Å². The first-order valence-electron chi connectivity index (χ1n) is 10.8. The average molecular weight is 407 g/mol. The quantitative estimate of drug-likeness (QED) is 0.740. The van der Waals surface area contributed by atoms with Crippen LogP contribution in [0.3, 0.4) is 0 Å². The lowest BCUT2D eigenvalue weighted by Gasteiger charge is -2.37. The number of anilines is 1. The molecule has 6 heteroatoms. The van der Waals surface area contributed by atoms with Gasteiger partial charge >= 0.3 is 0 Å². The number of aliphatic imine (C=N–C) groups is 1. The maximum atomic E-state index is 13.5. The lowest BCUT2D eigenvalue weighted by molar-refractivity contribution is -0.118. The molecule has 0 bridgehead atoms. The molecule has 1 unspecified atom stereocenters. The zero-order chi connectivity index (χ0) is 20.9. The molecule has 0 saturated carbocycles. The van der Waals surface area contributed by atoms with Gasteiger partial charge in [-0.25, -0.2) is 9.89 Å². The van der Waals surface area contributed by atoms with Gasteiger partial charge in [-0.2, -0.15) is 0 Å². The van der Waals surface area contributed by atoms with E-state index in [4.69, 9.17) is 9.73 Å². The van der Waals surface area contributed by atoms with Gasteiger partial charge < -0.3 is 9.64 Å². The molecule has 0 aromatic heterocycles. The number of ether oxygens (including phenoxy) is 1. The maximum Gasteiger partial charge on any atom is 0.259 e. The van der Waals surface area contributed by atoms with Crippen molar-refractivity contribution >= 4 is 17.6 Å². The van der Waals surface area contributed by atoms with E-state index in [1.165, 1.54) is 0 Å². The van der Waals surface area contributed by atoms with E-state index in [-0.39, 0.29) is 5.91 Å². The van der Waals surface area contributed by atoms with E-state index in [0.29, 0.717) is 12.2 Å². The summed E-state index contributed by atoms with van der Waals surface area (Å²) in [5, 5.41) is 0. The van der Waals surface area contributed by atoms with E-state index >= 15 is 0 Å². The van der Waals surface area contributed by atoms with Crippen LogP contribution in [-0.2, 0) is 11.2 Å². The van der Waals surface area contributed by atoms with Gasteiger partial charge in [0.15, 0.2) is 0 Å². The van der Waals surface area contributed by atoms with Crippen LogP contribution in [0.25, 0.3) is 0 Å². The van der Waals surface area contributed by atoms with E-state index < -0.39 is 6.04 Å². The molecule has 0 aliphatic carbocycles. The molecule has 2 aliphatic rings. The third-order valence-electron chi connectivity index (χ3n) is 5.77. The molecule has 2 aliphatic heterocycles. The van der Waals surface area contributed by atoms with Gasteiger partial charge in [-0.3, -0.25) is 9.69 Å². The number of methoxy groups -OCH3 is 1. The molecule has 1 atom stereocenters. The van der Waals surface area contributed by atoms with Crippen LogP contribution < -0.4 is 9.64 Å². The van der Waals surface area contributed by atoms with Crippen LogP contribution in [-0.4, -0.2) is 67.5 Å². The molecule has 1 saturated heterocycles. The van der Waals surface area contributed by atoms with E-state index in [9.17, 15) is 4.79 Å². The fraction of sp³-hybridized carbons (Fsp3) is 0.417. The third kappa shape index (κ3) is 4.19. The summed E-state index contributed by atoms with van der Waals surface area (Å²) in [6, 6.07) is 17.4. The molecule has 4 rings (SSSR count). The topological polar surface area (TPSA) is 48.4 Å². The Hall–Kier alpha value is -2.86. The number of nitrogens with zero attached hydrogens (tertiary/aromatic N) is 4. The Morgan fingerprint density at radius 1 is 1.00 bits per heavy atom. The highest BCUT2D eigenvalue weighted by atomic mass is 16.5. The highest BCUT2D eigenvalue weighted by Crippen LogP contribution is 2.33. The third-order valence-corrected chi connectivity index (χ3v) is 5.77. The Balaban J connectivity index is 1.63. The molecule has 0 spiro atoms. The zero-order valence-electron chi connectivity index (χ0n) is 17.8. The van der Waals surface area contributed by atoms with Crippen molar-refractivity contribution in [1.29, 1.82) is 0 Å². The minimum atomic E-state index is -0.416. The summed E-state index contributed by atoms with van der Waals surface area (Å²) in [7, 11) is 1.64. The van der Waals surface area contributed by atoms with Gasteiger partial charge in [-0.1, -0.05) is 49.4 Å². The van der Waals surface area contributed by atoms with Gasteiger partial charge in [0.25, 0.3) is 5.91 Å². The number of benzene rings is 2. The van der Waals surface area contributed by atoms with Crippen LogP contribution in [0.4, 0.5) is 5.69 Å². The largest absolute Gasteiger partial charge is 0.495 e. The SMILES string of the molecule is CCCN1CCN(C2=NC(Cc3ccccc3)C(=O)N2c2ccccc2OC)CC1. The molecule has 2 aromatic carbocycles. The molecule has 2 heterocycles. The van der Waals surface area contributed by atoms with Crippen LogP contribution >= 0.6 is 0 Å². The standard InChI is InChI=1S/C24H30N4O2/c1-3-13-26-14-16-27(17-15-26)24-25-20(18-19-9-5-4-6-10-19)23(29)28(24)21-11-7-8-12-22(21)30-2/h4-12,20H,3,13-18H2,1-2H3. The number of para-hydroxylation sites is 2. The summed E-state index contributed by atoms with van der Waals surface area (Å²) < 4.78 is 5.57. The van der Waals surface area contributed by atoms with Crippen LogP contribution in [0, 0.1) is 0 Å². The monoisotopic (exact) mass is 406 g/mol. The Labute approximate surface area is 178 Å². The summed E-state index contributed by atoms with van der Waals surface area (Å²) in [4.78, 5) is 24.9. The Kier molecular flexibility index (Phi) is 6.33. The first-order valence-corrected chi connectivity index (χ1v) is 10.8. The van der Waals surface area contributed by atoms with Crippen molar-refractivity contribution in [2.45, 2.75) is 25.8 Å². The van der Waals surface area contributed by atoms with E-state index in [1.807, 2.05) is 42.5 Å². The minimum absolute atomic E-state index is 0.00865. The second kappa shape index (κ2) is 9.30. The fourth-order valence-electron chi connectivity index (χ4n) is 4.22. The fourth-order valence-corrected chi connectivity index (χ4v) is 4.22. The highest BCUT2D eigenvalue weighted by molar-refractivity contribution is 6.22. The highest BCUT2D eigenvalue weighted by Gasteiger charge is 2.40. The van der Waals surface area contributed by atoms with Crippen LogP contribution in [0.15, 0.2) is 59.6 Å². The number of carbonyl (C=O) groups is 1. The maximum absolute atomic E-state index is 13.5. The first-order chi connectivity index (χ1) is 14.7. The van der Waals surface area contributed by atoms with Crippen molar-refractivity contribution in [3.8, 4) is 5.75 Å². The van der Waals surface area contributed by atoms with Gasteiger partial charge in [-0.15, -0.1) is 0 Å². The van der Waals surface area contributed by atoms with Gasteiger partial charge in [0.1, 0.15) is 11.8 Å². The van der Waals surface area contributed by atoms with Crippen molar-refractivity contribution in [3.63, 3.8) is 0 Å². The second-order valence-corrected chi connectivity index (χ2v) is 7.81. The molecule has 1 amide bonds. The van der Waals surface area contributed by atoms with Crippen molar-refractivity contribution in [2.75, 3.05) is 44.7 Å². The zero-order valence-corrected chi connectivity index (χ0v) is 17.8. The summed E-state index contributed by atoms with van der Waals surface area (Å²) >= 11 is 0. The van der Waals surface area contributed by atoms with Crippen molar-refractivity contribution in [1.82, 2.24) is 9.80 Å². The summed E-state index contributed by atoms with van der Waals surface area (Å²) in [5.41, 5.74) is 1.88. The number of guanidine groups is 1. The molecular formula is C24H30N4O2. The Morgan fingerprint density at radius 2 is 1.70 bits per heavy atom. The van der Waals surface area contributed by atoms with Crippen LogP contribution in [0.5, 0.6) is 5.75 Å². The molecule has 30 heavy (non-hydrogen) atoms. The van der Waals surface area contributed by atoms with Gasteiger partial charge in [0.2, 0.25) is 5.96 Å². The summed E-state index contributed by atoms with van der Waals surface area (Å²) in [5.74, 6) is 1.44. The van der Waals surface area contributed by atoms with Crippen molar-refractivity contribution < 1.29 is 9.53 Å². The molecule has 2 aromatic rings. The van der Waals surface area contributed by atoms with Gasteiger partial charge in [0.05, 0.1) is 12.8 Å². The number of hydrogen-bond acceptors (Lipinski definition) is 5. The molecule has 0 N–H and O–H groups in total. The molecule has 0 radical (unpaired) electrons. The Morgan fingerprint density at radius 3 is 2.40 bits per heavy atom. The number of hydrogen-bond donors (Lipinski definition) is 0. The summed E-state index contributed by atoms with van der Waals surface area (Å²) in [6.45, 7) is 7.05. The van der Waals surface area contributed by atoms with Crippen LogP contribution in [0.1, 0.15) is 18.9 Å². The summed E-state index contributed by atoms with van der Waals surface area (Å²) in [6.07, 6.45) is 1.76. The number of amides is 1. The predicted octanol–water partition coefficient (Wildman–Crippen LogP) is 3.04. The average Bonchev–Trinajstić information content (AvgIpc) is 3.11. The lowest BCUT2D eigenvalue weighted by atomic mass is 10.1. The van der Waals surface area contributed by atoms with Gasteiger partial charge in [-0.05, 0) is 30.7 Å².